The molecule has 220 valence electrons. The van der Waals surface area contributed by atoms with E-state index >= 15 is 0 Å². The van der Waals surface area contributed by atoms with Crippen LogP contribution in [0.1, 0.15) is 52.7 Å². The Hall–Kier alpha value is 0.840. The topological polar surface area (TPSA) is 36.9 Å². The summed E-state index contributed by atoms with van der Waals surface area (Å²) in [5, 5.41) is 0. The molecule has 2 atom stereocenters. The van der Waals surface area contributed by atoms with Gasteiger partial charge < -0.3 is 18.9 Å². The van der Waals surface area contributed by atoms with Crippen molar-refractivity contribution in [3.8, 4) is 11.5 Å². The van der Waals surface area contributed by atoms with Gasteiger partial charge in [-0.2, -0.15) is 0 Å². The molecule has 0 aliphatic carbocycles. The van der Waals surface area contributed by atoms with E-state index < -0.39 is 0 Å². The van der Waals surface area contributed by atoms with Gasteiger partial charge in [-0.3, -0.25) is 0 Å². The summed E-state index contributed by atoms with van der Waals surface area (Å²) >= 11 is 22.2. The van der Waals surface area contributed by atoms with Crippen molar-refractivity contribution in [2.45, 2.75) is 56.6 Å². The summed E-state index contributed by atoms with van der Waals surface area (Å²) in [6, 6.07) is 8.49. The molecule has 2 rings (SSSR count). The fourth-order valence-corrected chi connectivity index (χ4v) is 7.06. The average Bonchev–Trinajstić information content (AvgIpc) is 2.82. The Kier molecular flexibility index (Phi) is 15.9. The molecular weight excluding hydrogens is 892 g/mol. The van der Waals surface area contributed by atoms with E-state index in [0.29, 0.717) is 38.3 Å². The van der Waals surface area contributed by atoms with Gasteiger partial charge in [0.05, 0.1) is 40.8 Å². The molecule has 4 nitrogen and oxygen atoms in total. The predicted octanol–water partition coefficient (Wildman–Crippen LogP) is 10.7. The molecule has 0 saturated carbocycles. The van der Waals surface area contributed by atoms with Crippen LogP contribution in [0.3, 0.4) is 0 Å². The first kappa shape index (κ1) is 36.0. The van der Waals surface area contributed by atoms with Gasteiger partial charge >= 0.3 is 0 Å². The van der Waals surface area contributed by atoms with E-state index in [1.165, 1.54) is 0 Å². The number of ether oxygens (including phenoxy) is 4. The van der Waals surface area contributed by atoms with Crippen LogP contribution >= 0.6 is 95.6 Å². The minimum absolute atomic E-state index is 0.106. The molecule has 0 radical (unpaired) electrons. The zero-order chi connectivity index (χ0) is 29.3. The van der Waals surface area contributed by atoms with Crippen LogP contribution in [-0.2, 0) is 14.9 Å². The third-order valence-electron chi connectivity index (χ3n) is 5.76. The lowest BCUT2D eigenvalue weighted by Crippen LogP contribution is -2.21. The zero-order valence-corrected chi connectivity index (χ0v) is 32.8. The van der Waals surface area contributed by atoms with Crippen molar-refractivity contribution in [2.24, 2.45) is 11.8 Å². The van der Waals surface area contributed by atoms with Gasteiger partial charge in [0.2, 0.25) is 0 Å². The second kappa shape index (κ2) is 17.2. The van der Waals surface area contributed by atoms with Crippen LogP contribution in [0.2, 0.25) is 0 Å². The minimum atomic E-state index is -0.293. The summed E-state index contributed by atoms with van der Waals surface area (Å²) in [7, 11) is 0. The fourth-order valence-electron chi connectivity index (χ4n) is 3.59. The Balaban J connectivity index is 2.12. The molecule has 0 aliphatic rings. The third kappa shape index (κ3) is 11.8. The molecule has 2 aromatic rings. The minimum Gasteiger partial charge on any atom is -0.490 e. The summed E-state index contributed by atoms with van der Waals surface area (Å²) in [6.07, 6.45) is 0. The van der Waals surface area contributed by atoms with Gasteiger partial charge in [-0.25, -0.2) is 0 Å². The summed E-state index contributed by atoms with van der Waals surface area (Å²) in [5.41, 5.74) is 1.98. The van der Waals surface area contributed by atoms with E-state index in [9.17, 15) is 0 Å². The lowest BCUT2D eigenvalue weighted by molar-refractivity contribution is 0.103. The second-order valence-corrected chi connectivity index (χ2v) is 16.8. The number of halogens is 6. The maximum absolute atomic E-state index is 6.13. The highest BCUT2D eigenvalue weighted by atomic mass is 79.9. The molecule has 0 spiro atoms. The maximum Gasteiger partial charge on any atom is 0.147 e. The number of alkyl halides is 2. The second-order valence-electron chi connectivity index (χ2n) is 10.8. The number of rotatable bonds is 16. The zero-order valence-electron chi connectivity index (χ0n) is 23.3. The summed E-state index contributed by atoms with van der Waals surface area (Å²) < 4.78 is 27.3. The first-order chi connectivity index (χ1) is 18.2. The fraction of sp³-hybridized carbons (Fsp3) is 0.586. The van der Waals surface area contributed by atoms with Crippen molar-refractivity contribution in [3.63, 3.8) is 0 Å². The van der Waals surface area contributed by atoms with E-state index in [2.05, 4.69) is 161 Å². The molecule has 2 unspecified atom stereocenters. The number of hydrogen-bond donors (Lipinski definition) is 0. The Labute approximate surface area is 284 Å². The van der Waals surface area contributed by atoms with Crippen LogP contribution in [0, 0.1) is 11.8 Å². The van der Waals surface area contributed by atoms with Crippen LogP contribution in [0.5, 0.6) is 11.5 Å². The van der Waals surface area contributed by atoms with Gasteiger partial charge in [0.15, 0.2) is 0 Å². The van der Waals surface area contributed by atoms with Crippen LogP contribution in [-0.4, -0.2) is 49.3 Å². The van der Waals surface area contributed by atoms with Crippen molar-refractivity contribution in [1.29, 1.82) is 0 Å². The van der Waals surface area contributed by atoms with E-state index in [0.717, 1.165) is 53.7 Å². The summed E-state index contributed by atoms with van der Waals surface area (Å²) in [6.45, 7) is 16.7. The third-order valence-corrected chi connectivity index (χ3v) is 9.17. The SMILES string of the molecule is CC(C)COCC(Br)COc1c(Br)cc(C(C)(C)c2cc(Br)c(OCC(Br)COCC(C)C)c(Br)c2)cc1Br. The first-order valence-electron chi connectivity index (χ1n) is 12.9. The predicted molar refractivity (Wildman–Crippen MR) is 184 cm³/mol. The molecule has 2 aromatic carbocycles. The Bertz CT molecular complexity index is 933. The van der Waals surface area contributed by atoms with Gasteiger partial charge in [0.1, 0.15) is 24.7 Å². The van der Waals surface area contributed by atoms with Crippen LogP contribution in [0.15, 0.2) is 42.2 Å². The molecule has 0 saturated heterocycles. The van der Waals surface area contributed by atoms with Gasteiger partial charge in [-0.15, -0.1) is 0 Å². The van der Waals surface area contributed by atoms with Crippen molar-refractivity contribution < 1.29 is 18.9 Å². The Morgan fingerprint density at radius 3 is 1.15 bits per heavy atom. The maximum atomic E-state index is 6.13. The first-order valence-corrected chi connectivity index (χ1v) is 17.9. The van der Waals surface area contributed by atoms with Crippen molar-refractivity contribution in [2.75, 3.05) is 39.6 Å². The van der Waals surface area contributed by atoms with E-state index in [1.54, 1.807) is 0 Å². The summed E-state index contributed by atoms with van der Waals surface area (Å²) in [4.78, 5) is 0.211. The molecule has 39 heavy (non-hydrogen) atoms. The van der Waals surface area contributed by atoms with Crippen molar-refractivity contribution in [1.82, 2.24) is 0 Å². The van der Waals surface area contributed by atoms with Crippen molar-refractivity contribution >= 4 is 95.6 Å². The highest BCUT2D eigenvalue weighted by molar-refractivity contribution is 9.11. The van der Waals surface area contributed by atoms with E-state index in [-0.39, 0.29) is 15.1 Å². The van der Waals surface area contributed by atoms with Gasteiger partial charge in [-0.05, 0) is 111 Å². The normalized spacial score (nSPS) is 13.7. The average molecular weight is 930 g/mol. The van der Waals surface area contributed by atoms with Gasteiger partial charge in [0.25, 0.3) is 0 Å². The largest absolute Gasteiger partial charge is 0.490 e. The lowest BCUT2D eigenvalue weighted by Gasteiger charge is -2.28. The Morgan fingerprint density at radius 1 is 0.564 bits per heavy atom. The quantitative estimate of drug-likeness (QED) is 0.157. The highest BCUT2D eigenvalue weighted by Gasteiger charge is 2.27. The number of hydrogen-bond acceptors (Lipinski definition) is 4. The molecule has 0 aromatic heterocycles. The summed E-state index contributed by atoms with van der Waals surface area (Å²) in [5.74, 6) is 2.57. The Morgan fingerprint density at radius 2 is 0.872 bits per heavy atom. The van der Waals surface area contributed by atoms with E-state index in [4.69, 9.17) is 18.9 Å². The van der Waals surface area contributed by atoms with Crippen LogP contribution < -0.4 is 9.47 Å². The van der Waals surface area contributed by atoms with Crippen molar-refractivity contribution in [3.05, 3.63) is 53.3 Å². The van der Waals surface area contributed by atoms with Crippen LogP contribution in [0.25, 0.3) is 0 Å². The standard InChI is InChI=1S/C29H38Br6O4/c1-17(2)11-36-13-21(30)15-38-27-23(32)7-19(8-24(27)33)29(5,6)20-9-25(34)28(26(35)10-20)39-16-22(31)14-37-12-18(3)4/h7-10,17-18,21-22H,11-16H2,1-6H3. The molecule has 10 heteroatoms. The van der Waals surface area contributed by atoms with Crippen LogP contribution in [0.4, 0.5) is 0 Å². The smallest absolute Gasteiger partial charge is 0.147 e. The lowest BCUT2D eigenvalue weighted by atomic mass is 9.78. The molecule has 0 heterocycles. The number of benzene rings is 2. The van der Waals surface area contributed by atoms with Gasteiger partial charge in [-0.1, -0.05) is 73.4 Å². The molecule has 0 bridgehead atoms. The van der Waals surface area contributed by atoms with Gasteiger partial charge in [0, 0.05) is 18.6 Å². The molecule has 0 amide bonds. The molecule has 0 N–H and O–H groups in total. The van der Waals surface area contributed by atoms with E-state index in [1.807, 2.05) is 0 Å². The monoisotopic (exact) mass is 924 g/mol. The molecular formula is C29H38Br6O4. The molecule has 0 aliphatic heterocycles. The highest BCUT2D eigenvalue weighted by Crippen LogP contribution is 2.44. The molecule has 0 fully saturated rings.